The van der Waals surface area contributed by atoms with Crippen LogP contribution in [0.2, 0.25) is 5.02 Å². The van der Waals surface area contributed by atoms with Crippen molar-refractivity contribution in [2.45, 2.75) is 27.7 Å². The molecular weight excluding hydrogens is 180 g/mol. The Morgan fingerprint density at radius 2 is 1.62 bits per heavy atom. The van der Waals surface area contributed by atoms with E-state index in [1.165, 1.54) is 5.56 Å². The van der Waals surface area contributed by atoms with E-state index in [2.05, 4.69) is 32.4 Å². The maximum absolute atomic E-state index is 6.07. The highest BCUT2D eigenvalue weighted by Gasteiger charge is 2.04. The van der Waals surface area contributed by atoms with Gasteiger partial charge in [-0.1, -0.05) is 37.6 Å². The maximum Gasteiger partial charge on any atom is 0.0464 e. The summed E-state index contributed by atoms with van der Waals surface area (Å²) < 4.78 is 0. The predicted molar refractivity (Wildman–Crippen MR) is 59.2 cm³/mol. The molecule has 1 rings (SSSR count). The van der Waals surface area contributed by atoms with Gasteiger partial charge >= 0.3 is 0 Å². The van der Waals surface area contributed by atoms with Crippen molar-refractivity contribution in [3.63, 3.8) is 0 Å². The van der Waals surface area contributed by atoms with E-state index < -0.39 is 0 Å². The van der Waals surface area contributed by atoms with Gasteiger partial charge in [0.2, 0.25) is 0 Å². The molecule has 1 aromatic carbocycles. The summed E-state index contributed by atoms with van der Waals surface area (Å²) in [6, 6.07) is 4.27. The van der Waals surface area contributed by atoms with E-state index >= 15 is 0 Å². The summed E-state index contributed by atoms with van der Waals surface area (Å²) in [5, 5.41) is 0.890. The molecule has 0 nitrogen and oxygen atoms in total. The van der Waals surface area contributed by atoms with Gasteiger partial charge in [-0.05, 0) is 42.9 Å². The Balaban J connectivity index is 2.99. The van der Waals surface area contributed by atoms with Gasteiger partial charge in [0.25, 0.3) is 0 Å². The first kappa shape index (κ1) is 10.6. The average Bonchev–Trinajstić information content (AvgIpc) is 1.98. The first-order valence-electron chi connectivity index (χ1n) is 4.62. The molecular formula is C12H16Cl. The van der Waals surface area contributed by atoms with Crippen LogP contribution in [0.5, 0.6) is 0 Å². The third-order valence-corrected chi connectivity index (χ3v) is 2.58. The van der Waals surface area contributed by atoms with Crippen LogP contribution in [0.25, 0.3) is 0 Å². The molecule has 0 aliphatic heterocycles. The summed E-state index contributed by atoms with van der Waals surface area (Å²) >= 11 is 6.07. The Morgan fingerprint density at radius 1 is 1.15 bits per heavy atom. The minimum absolute atomic E-state index is 0.583. The molecule has 0 saturated carbocycles. The van der Waals surface area contributed by atoms with Crippen LogP contribution < -0.4 is 0 Å². The van der Waals surface area contributed by atoms with Gasteiger partial charge in [-0.3, -0.25) is 0 Å². The van der Waals surface area contributed by atoms with Crippen molar-refractivity contribution >= 4 is 11.6 Å². The Kier molecular flexibility index (Phi) is 3.38. The molecule has 1 radical (unpaired) electrons. The van der Waals surface area contributed by atoms with Gasteiger partial charge in [0.1, 0.15) is 0 Å². The van der Waals surface area contributed by atoms with E-state index in [0.717, 1.165) is 16.1 Å². The first-order valence-corrected chi connectivity index (χ1v) is 5.00. The summed E-state index contributed by atoms with van der Waals surface area (Å²) in [6.07, 6.45) is 2.25. The molecule has 1 aromatic rings. The van der Waals surface area contributed by atoms with Crippen molar-refractivity contribution in [3.05, 3.63) is 40.3 Å². The second-order valence-electron chi connectivity index (χ2n) is 3.88. The number of halogens is 1. The number of hydrogen-bond donors (Lipinski definition) is 0. The summed E-state index contributed by atoms with van der Waals surface area (Å²) in [4.78, 5) is 0. The van der Waals surface area contributed by atoms with E-state index in [0.29, 0.717) is 5.92 Å². The van der Waals surface area contributed by atoms with E-state index in [1.54, 1.807) is 0 Å². The molecule has 0 unspecified atom stereocenters. The van der Waals surface area contributed by atoms with Gasteiger partial charge in [0.05, 0.1) is 0 Å². The molecule has 0 fully saturated rings. The van der Waals surface area contributed by atoms with Crippen LogP contribution >= 0.6 is 11.6 Å². The fourth-order valence-electron chi connectivity index (χ4n) is 1.46. The summed E-state index contributed by atoms with van der Waals surface area (Å²) in [7, 11) is 0. The fourth-order valence-corrected chi connectivity index (χ4v) is 1.57. The van der Waals surface area contributed by atoms with Gasteiger partial charge in [-0.15, -0.1) is 0 Å². The number of hydrogen-bond acceptors (Lipinski definition) is 0. The van der Waals surface area contributed by atoms with Crippen molar-refractivity contribution in [2.24, 2.45) is 5.92 Å². The fraction of sp³-hybridized carbons (Fsp3) is 0.417. The minimum Gasteiger partial charge on any atom is -0.0838 e. The Labute approximate surface area is 85.9 Å². The third kappa shape index (κ3) is 2.73. The zero-order valence-corrected chi connectivity index (χ0v) is 9.44. The van der Waals surface area contributed by atoms with Gasteiger partial charge in [0, 0.05) is 5.02 Å². The lowest BCUT2D eigenvalue weighted by molar-refractivity contribution is 0.776. The number of benzene rings is 1. The molecule has 0 amide bonds. The van der Waals surface area contributed by atoms with Crippen LogP contribution in [0.1, 0.15) is 30.5 Å². The van der Waals surface area contributed by atoms with E-state index in [1.807, 2.05) is 13.8 Å². The predicted octanol–water partition coefficient (Wildman–Crippen LogP) is 4.17. The highest BCUT2D eigenvalue weighted by Crippen LogP contribution is 2.23. The highest BCUT2D eigenvalue weighted by atomic mass is 35.5. The molecule has 0 atom stereocenters. The second kappa shape index (κ2) is 4.15. The molecule has 0 spiro atoms. The molecule has 0 bridgehead atoms. The third-order valence-electron chi connectivity index (χ3n) is 1.98. The lowest BCUT2D eigenvalue weighted by Crippen LogP contribution is -1.93. The highest BCUT2D eigenvalue weighted by molar-refractivity contribution is 6.32. The quantitative estimate of drug-likeness (QED) is 0.665. The minimum atomic E-state index is 0.583. The van der Waals surface area contributed by atoms with Crippen molar-refractivity contribution in [1.82, 2.24) is 0 Å². The largest absolute Gasteiger partial charge is 0.0838 e. The van der Waals surface area contributed by atoms with Crippen LogP contribution in [-0.2, 0) is 0 Å². The van der Waals surface area contributed by atoms with Crippen LogP contribution in [0.3, 0.4) is 0 Å². The summed E-state index contributed by atoms with van der Waals surface area (Å²) in [5.41, 5.74) is 3.59. The average molecular weight is 196 g/mol. The van der Waals surface area contributed by atoms with Crippen LogP contribution in [0.15, 0.2) is 12.1 Å². The summed E-state index contributed by atoms with van der Waals surface area (Å²) in [6.45, 7) is 8.46. The van der Waals surface area contributed by atoms with E-state index in [-0.39, 0.29) is 0 Å². The standard InChI is InChI=1S/C12H16Cl/c1-8(2)5-11-6-9(3)12(13)10(4)7-11/h5-8H,1-4H3. The van der Waals surface area contributed by atoms with Gasteiger partial charge in [0.15, 0.2) is 0 Å². The molecule has 13 heavy (non-hydrogen) atoms. The molecule has 71 valence electrons. The Bertz CT molecular complexity index is 277. The lowest BCUT2D eigenvalue weighted by Gasteiger charge is -2.09. The monoisotopic (exact) mass is 195 g/mol. The van der Waals surface area contributed by atoms with Crippen molar-refractivity contribution in [2.75, 3.05) is 0 Å². The van der Waals surface area contributed by atoms with E-state index in [9.17, 15) is 0 Å². The zero-order valence-electron chi connectivity index (χ0n) is 8.69. The molecule has 1 heteroatoms. The molecule has 0 saturated heterocycles. The Morgan fingerprint density at radius 3 is 2.00 bits per heavy atom. The van der Waals surface area contributed by atoms with E-state index in [4.69, 9.17) is 11.6 Å². The topological polar surface area (TPSA) is 0 Å². The molecule has 0 aliphatic carbocycles. The second-order valence-corrected chi connectivity index (χ2v) is 4.26. The Hall–Kier alpha value is -0.490. The van der Waals surface area contributed by atoms with Crippen LogP contribution in [0.4, 0.5) is 0 Å². The molecule has 0 aliphatic rings. The normalized spacial score (nSPS) is 10.9. The molecule has 0 N–H and O–H groups in total. The van der Waals surface area contributed by atoms with Gasteiger partial charge < -0.3 is 0 Å². The number of aryl methyl sites for hydroxylation is 2. The smallest absolute Gasteiger partial charge is 0.0464 e. The maximum atomic E-state index is 6.07. The molecule has 0 aromatic heterocycles. The first-order chi connectivity index (χ1) is 6.00. The van der Waals surface area contributed by atoms with Crippen molar-refractivity contribution in [1.29, 1.82) is 0 Å². The molecule has 0 heterocycles. The van der Waals surface area contributed by atoms with Crippen molar-refractivity contribution < 1.29 is 0 Å². The zero-order chi connectivity index (χ0) is 10.0. The summed E-state index contributed by atoms with van der Waals surface area (Å²) in [5.74, 6) is 0.583. The van der Waals surface area contributed by atoms with Gasteiger partial charge in [-0.25, -0.2) is 0 Å². The van der Waals surface area contributed by atoms with Crippen LogP contribution in [0, 0.1) is 26.2 Å². The number of rotatable bonds is 2. The lowest BCUT2D eigenvalue weighted by atomic mass is 9.99. The van der Waals surface area contributed by atoms with Crippen LogP contribution in [-0.4, -0.2) is 0 Å². The van der Waals surface area contributed by atoms with Crippen molar-refractivity contribution in [3.8, 4) is 0 Å². The van der Waals surface area contributed by atoms with Gasteiger partial charge in [-0.2, -0.15) is 0 Å². The SMILES string of the molecule is Cc1cc([CH]C(C)C)cc(C)c1Cl.